The second-order valence-corrected chi connectivity index (χ2v) is 8.35. The Bertz CT molecular complexity index is 1170. The van der Waals surface area contributed by atoms with Crippen LogP contribution in [0.3, 0.4) is 0 Å². The van der Waals surface area contributed by atoms with Crippen LogP contribution in [0.25, 0.3) is 5.57 Å². The molecule has 1 aliphatic carbocycles. The molecule has 0 saturated heterocycles. The van der Waals surface area contributed by atoms with Crippen LogP contribution in [0.1, 0.15) is 61.2 Å². The van der Waals surface area contributed by atoms with E-state index in [1.165, 1.54) is 0 Å². The van der Waals surface area contributed by atoms with Crippen molar-refractivity contribution in [1.82, 2.24) is 0 Å². The molecule has 33 heavy (non-hydrogen) atoms. The lowest BCUT2D eigenvalue weighted by Gasteiger charge is -2.35. The van der Waals surface area contributed by atoms with Gasteiger partial charge in [0.05, 0.1) is 12.2 Å². The third-order valence-corrected chi connectivity index (χ3v) is 6.11. The average Bonchev–Trinajstić information content (AvgIpc) is 2.80. The predicted molar refractivity (Wildman–Crippen MR) is 135 cm³/mol. The third kappa shape index (κ3) is 4.32. The summed E-state index contributed by atoms with van der Waals surface area (Å²) in [5.41, 5.74) is 8.97. The number of hydrogen-bond donors (Lipinski definition) is 1. The first-order chi connectivity index (χ1) is 16.0. The number of aryl methyl sites for hydroxylation is 1. The van der Waals surface area contributed by atoms with Crippen molar-refractivity contribution in [3.63, 3.8) is 0 Å². The number of aliphatic imine (C=N–C) groups is 1. The molecule has 5 nitrogen and oxygen atoms in total. The lowest BCUT2D eigenvalue weighted by atomic mass is 9.80. The van der Waals surface area contributed by atoms with Gasteiger partial charge >= 0.3 is 5.97 Å². The van der Waals surface area contributed by atoms with Crippen LogP contribution in [0, 0.1) is 6.92 Å². The van der Waals surface area contributed by atoms with Gasteiger partial charge in [-0.3, -0.25) is 4.99 Å². The first-order valence-electron chi connectivity index (χ1n) is 11.8. The van der Waals surface area contributed by atoms with Gasteiger partial charge in [0.2, 0.25) is 0 Å². The van der Waals surface area contributed by atoms with Crippen LogP contribution in [-0.4, -0.2) is 37.5 Å². The van der Waals surface area contributed by atoms with Crippen molar-refractivity contribution >= 4 is 22.9 Å². The van der Waals surface area contributed by atoms with Crippen molar-refractivity contribution < 1.29 is 14.3 Å². The lowest BCUT2D eigenvalue weighted by Crippen LogP contribution is -2.31. The molecular weight excluding hydrogens is 412 g/mol. The van der Waals surface area contributed by atoms with E-state index in [0.29, 0.717) is 18.6 Å². The van der Waals surface area contributed by atoms with Gasteiger partial charge in [-0.05, 0) is 69.5 Å². The van der Waals surface area contributed by atoms with Gasteiger partial charge in [-0.15, -0.1) is 0 Å². The Kier molecular flexibility index (Phi) is 6.68. The molecule has 1 aliphatic heterocycles. The third-order valence-electron chi connectivity index (χ3n) is 6.11. The molecule has 172 valence electrons. The van der Waals surface area contributed by atoms with Crippen LogP contribution in [-0.2, 0) is 4.74 Å². The zero-order chi connectivity index (χ0) is 23.5. The van der Waals surface area contributed by atoms with E-state index in [-0.39, 0.29) is 12.1 Å². The molecule has 2 aliphatic rings. The number of carbonyl (C=O) groups excluding carboxylic acids is 1. The number of esters is 1. The lowest BCUT2D eigenvalue weighted by molar-refractivity contribution is 0.0526. The summed E-state index contributed by atoms with van der Waals surface area (Å²) >= 11 is 0. The second kappa shape index (κ2) is 9.65. The zero-order valence-electron chi connectivity index (χ0n) is 20.1. The number of fused-ring (bicyclic) bond motifs is 2. The monoisotopic (exact) mass is 444 g/mol. The molecule has 0 radical (unpaired) electrons. The summed E-state index contributed by atoms with van der Waals surface area (Å²) in [5, 5.41) is 3.43. The summed E-state index contributed by atoms with van der Waals surface area (Å²) in [4.78, 5) is 17.6. The van der Waals surface area contributed by atoms with Gasteiger partial charge in [0, 0.05) is 53.7 Å². The Morgan fingerprint density at radius 3 is 2.67 bits per heavy atom. The molecule has 0 amide bonds. The number of nitrogens with zero attached hydrogens (tertiary/aromatic N) is 1. The summed E-state index contributed by atoms with van der Waals surface area (Å²) < 4.78 is 12.0. The van der Waals surface area contributed by atoms with Gasteiger partial charge in [-0.2, -0.15) is 0 Å². The van der Waals surface area contributed by atoms with E-state index in [1.54, 1.807) is 0 Å². The second-order valence-electron chi connectivity index (χ2n) is 8.35. The minimum atomic E-state index is -0.309. The van der Waals surface area contributed by atoms with Gasteiger partial charge in [0.1, 0.15) is 11.9 Å². The van der Waals surface area contributed by atoms with Crippen molar-refractivity contribution in [2.75, 3.05) is 25.0 Å². The molecule has 4 rings (SSSR count). The summed E-state index contributed by atoms with van der Waals surface area (Å²) in [6, 6.07) is 11.9. The quantitative estimate of drug-likeness (QED) is 0.557. The van der Waals surface area contributed by atoms with E-state index in [2.05, 4.69) is 51.2 Å². The smallest absolute Gasteiger partial charge is 0.338 e. The molecule has 1 heterocycles. The largest absolute Gasteiger partial charge is 0.485 e. The van der Waals surface area contributed by atoms with E-state index < -0.39 is 0 Å². The summed E-state index contributed by atoms with van der Waals surface area (Å²) in [7, 11) is 0. The Labute approximate surface area is 196 Å². The number of hydrogen-bond acceptors (Lipinski definition) is 5. The summed E-state index contributed by atoms with van der Waals surface area (Å²) in [5.74, 6) is 0.513. The molecule has 1 unspecified atom stereocenters. The van der Waals surface area contributed by atoms with Crippen molar-refractivity contribution in [3.8, 4) is 5.75 Å². The van der Waals surface area contributed by atoms with Gasteiger partial charge in [0.15, 0.2) is 0 Å². The van der Waals surface area contributed by atoms with Gasteiger partial charge in [0.25, 0.3) is 0 Å². The van der Waals surface area contributed by atoms with E-state index in [0.717, 1.165) is 63.6 Å². The van der Waals surface area contributed by atoms with Crippen molar-refractivity contribution in [1.29, 1.82) is 0 Å². The fourth-order valence-corrected chi connectivity index (χ4v) is 4.63. The molecule has 0 spiro atoms. The van der Waals surface area contributed by atoms with Crippen LogP contribution < -0.4 is 10.1 Å². The molecule has 5 heteroatoms. The number of carbonyl (C=O) groups is 1. The van der Waals surface area contributed by atoms with Gasteiger partial charge in [-0.25, -0.2) is 4.79 Å². The number of nitrogens with one attached hydrogen (secondary N) is 1. The minimum Gasteiger partial charge on any atom is -0.485 e. The molecule has 1 N–H and O–H groups in total. The number of rotatable bonds is 6. The predicted octanol–water partition coefficient (Wildman–Crippen LogP) is 5.98. The molecule has 0 aromatic heterocycles. The molecule has 0 saturated carbocycles. The van der Waals surface area contributed by atoms with E-state index in [4.69, 9.17) is 14.5 Å². The Balaban J connectivity index is 2.00. The van der Waals surface area contributed by atoms with Crippen LogP contribution in [0.2, 0.25) is 0 Å². The fourth-order valence-electron chi connectivity index (χ4n) is 4.63. The number of benzene rings is 2. The molecule has 2 aromatic carbocycles. The summed E-state index contributed by atoms with van der Waals surface area (Å²) in [6.07, 6.45) is 2.73. The highest BCUT2D eigenvalue weighted by Crippen LogP contribution is 2.46. The average molecular weight is 445 g/mol. The summed E-state index contributed by atoms with van der Waals surface area (Å²) in [6.45, 7) is 12.1. The highest BCUT2D eigenvalue weighted by Gasteiger charge is 2.34. The molecule has 0 bridgehead atoms. The zero-order valence-corrected chi connectivity index (χ0v) is 20.1. The van der Waals surface area contributed by atoms with Crippen molar-refractivity contribution in [2.24, 2.45) is 4.99 Å². The maximum Gasteiger partial charge on any atom is 0.338 e. The van der Waals surface area contributed by atoms with Gasteiger partial charge in [-0.1, -0.05) is 18.2 Å². The van der Waals surface area contributed by atoms with Crippen molar-refractivity contribution in [2.45, 2.75) is 47.1 Å². The van der Waals surface area contributed by atoms with E-state index in [1.807, 2.05) is 31.2 Å². The SMILES string of the molecule is CCN=C1CC2Oc3cc(NCC)c(C)cc3C(c3ccccc3C(=O)OCC)=C2C=C1C. The fraction of sp³-hybridized carbons (Fsp3) is 0.357. The van der Waals surface area contributed by atoms with Crippen LogP contribution in [0.15, 0.2) is 58.6 Å². The van der Waals surface area contributed by atoms with Crippen LogP contribution in [0.5, 0.6) is 5.75 Å². The standard InChI is InChI=1S/C28H32N2O3/c1-6-29-23-15-25-21(13-17(23)4)27(19-11-9-10-12-20(19)28(31)32-8-3)22-14-18(5)24(30-7-2)16-26(22)33-25/h9-15,26,29H,6-8,16H2,1-5H3. The number of anilines is 1. The van der Waals surface area contributed by atoms with E-state index >= 15 is 0 Å². The highest BCUT2D eigenvalue weighted by atomic mass is 16.5. The topological polar surface area (TPSA) is 59.9 Å². The molecule has 1 atom stereocenters. The first-order valence-corrected chi connectivity index (χ1v) is 11.8. The normalized spacial score (nSPS) is 18.3. The minimum absolute atomic E-state index is 0.158. The number of allylic oxidation sites excluding steroid dienone is 1. The molecule has 0 fully saturated rings. The maximum absolute atomic E-state index is 12.9. The first kappa shape index (κ1) is 22.8. The maximum atomic E-state index is 12.9. The van der Waals surface area contributed by atoms with Crippen LogP contribution in [0.4, 0.5) is 5.69 Å². The Hall–Kier alpha value is -3.34. The Morgan fingerprint density at radius 1 is 1.15 bits per heavy atom. The molecule has 2 aromatic rings. The van der Waals surface area contributed by atoms with E-state index in [9.17, 15) is 4.79 Å². The highest BCUT2D eigenvalue weighted by molar-refractivity contribution is 6.05. The van der Waals surface area contributed by atoms with Crippen LogP contribution >= 0.6 is 0 Å². The van der Waals surface area contributed by atoms with Crippen molar-refractivity contribution in [3.05, 3.63) is 75.9 Å². The van der Waals surface area contributed by atoms with Gasteiger partial charge < -0.3 is 14.8 Å². The number of ether oxygens (including phenoxy) is 2. The Morgan fingerprint density at radius 2 is 1.94 bits per heavy atom. The molecular formula is C28H32N2O3.